The van der Waals surface area contributed by atoms with Crippen LogP contribution in [0.4, 0.5) is 4.39 Å². The maximum absolute atomic E-state index is 14.3. The molecule has 1 aliphatic carbocycles. The van der Waals surface area contributed by atoms with Crippen LogP contribution in [0, 0.1) is 0 Å². The molecule has 0 aromatic heterocycles. The SMILES string of the molecule is CC(C(=O)O)c1ccccc1C1(F)CCC1. The molecule has 86 valence electrons. The van der Waals surface area contributed by atoms with Gasteiger partial charge >= 0.3 is 5.97 Å². The zero-order valence-corrected chi connectivity index (χ0v) is 9.24. The number of rotatable bonds is 3. The van der Waals surface area contributed by atoms with Gasteiger partial charge in [0.2, 0.25) is 0 Å². The average Bonchev–Trinajstić information content (AvgIpc) is 2.25. The lowest BCUT2D eigenvalue weighted by atomic mass is 9.73. The molecule has 0 aliphatic heterocycles. The van der Waals surface area contributed by atoms with Gasteiger partial charge in [0.1, 0.15) is 5.67 Å². The molecule has 0 radical (unpaired) electrons. The Morgan fingerprint density at radius 2 is 2.06 bits per heavy atom. The molecule has 2 rings (SSSR count). The van der Waals surface area contributed by atoms with E-state index in [0.717, 1.165) is 6.42 Å². The van der Waals surface area contributed by atoms with Crippen LogP contribution in [0.3, 0.4) is 0 Å². The second-order valence-corrected chi connectivity index (χ2v) is 4.47. The molecule has 1 atom stereocenters. The smallest absolute Gasteiger partial charge is 0.310 e. The van der Waals surface area contributed by atoms with Crippen molar-refractivity contribution < 1.29 is 14.3 Å². The van der Waals surface area contributed by atoms with Gasteiger partial charge < -0.3 is 5.11 Å². The van der Waals surface area contributed by atoms with Crippen LogP contribution in [0.2, 0.25) is 0 Å². The maximum atomic E-state index is 14.3. The van der Waals surface area contributed by atoms with Gasteiger partial charge in [-0.25, -0.2) is 4.39 Å². The van der Waals surface area contributed by atoms with Gasteiger partial charge in [0.05, 0.1) is 5.92 Å². The standard InChI is InChI=1S/C13H15FO2/c1-9(12(15)16)10-5-2-3-6-11(10)13(14)7-4-8-13/h2-3,5-6,9H,4,7-8H2,1H3,(H,15,16). The number of halogens is 1. The molecule has 2 nitrogen and oxygen atoms in total. The summed E-state index contributed by atoms with van der Waals surface area (Å²) in [6.07, 6.45) is 1.90. The third-order valence-electron chi connectivity index (χ3n) is 3.43. The molecule has 0 saturated heterocycles. The first-order valence-corrected chi connectivity index (χ1v) is 5.56. The highest BCUT2D eigenvalue weighted by molar-refractivity contribution is 5.76. The van der Waals surface area contributed by atoms with Gasteiger partial charge in [0, 0.05) is 0 Å². The molecule has 1 N–H and O–H groups in total. The predicted octanol–water partition coefficient (Wildman–Crippen LogP) is 3.22. The number of alkyl halides is 1. The molecule has 1 unspecified atom stereocenters. The van der Waals surface area contributed by atoms with Gasteiger partial charge in [0.15, 0.2) is 0 Å². The van der Waals surface area contributed by atoms with Crippen molar-refractivity contribution in [2.45, 2.75) is 37.8 Å². The third-order valence-corrected chi connectivity index (χ3v) is 3.43. The van der Waals surface area contributed by atoms with Crippen molar-refractivity contribution in [3.8, 4) is 0 Å². The van der Waals surface area contributed by atoms with Gasteiger partial charge in [-0.3, -0.25) is 4.79 Å². The number of benzene rings is 1. The van der Waals surface area contributed by atoms with Crippen molar-refractivity contribution in [3.05, 3.63) is 35.4 Å². The summed E-state index contributed by atoms with van der Waals surface area (Å²) in [4.78, 5) is 11.0. The second kappa shape index (κ2) is 3.89. The first-order chi connectivity index (χ1) is 7.54. The summed E-state index contributed by atoms with van der Waals surface area (Å²) in [6.45, 7) is 1.60. The number of carboxylic acids is 1. The molecule has 1 aliphatic rings. The van der Waals surface area contributed by atoms with Gasteiger partial charge in [-0.15, -0.1) is 0 Å². The Morgan fingerprint density at radius 3 is 2.56 bits per heavy atom. The maximum Gasteiger partial charge on any atom is 0.310 e. The Hall–Kier alpha value is -1.38. The van der Waals surface area contributed by atoms with E-state index >= 15 is 0 Å². The summed E-state index contributed by atoms with van der Waals surface area (Å²) in [5.41, 5.74) is -0.117. The summed E-state index contributed by atoms with van der Waals surface area (Å²) < 4.78 is 14.3. The van der Waals surface area contributed by atoms with E-state index in [1.165, 1.54) is 0 Å². The quantitative estimate of drug-likeness (QED) is 0.852. The highest BCUT2D eigenvalue weighted by atomic mass is 19.1. The molecule has 0 spiro atoms. The third kappa shape index (κ3) is 1.70. The Kier molecular flexibility index (Phi) is 2.70. The van der Waals surface area contributed by atoms with Crippen molar-refractivity contribution in [3.63, 3.8) is 0 Å². The normalized spacial score (nSPS) is 19.9. The monoisotopic (exact) mass is 222 g/mol. The van der Waals surface area contributed by atoms with E-state index in [1.807, 2.05) is 0 Å². The van der Waals surface area contributed by atoms with Gasteiger partial charge in [-0.2, -0.15) is 0 Å². The molecular weight excluding hydrogens is 207 g/mol. The van der Waals surface area contributed by atoms with E-state index in [1.54, 1.807) is 31.2 Å². The zero-order chi connectivity index (χ0) is 11.8. The highest BCUT2D eigenvalue weighted by Gasteiger charge is 2.41. The van der Waals surface area contributed by atoms with E-state index in [2.05, 4.69) is 0 Å². The average molecular weight is 222 g/mol. The van der Waals surface area contributed by atoms with Crippen LogP contribution >= 0.6 is 0 Å². The Morgan fingerprint density at radius 1 is 1.44 bits per heavy atom. The van der Waals surface area contributed by atoms with E-state index in [-0.39, 0.29) is 0 Å². The number of carbonyl (C=O) groups is 1. The molecule has 1 aromatic rings. The van der Waals surface area contributed by atoms with Crippen LogP contribution in [0.5, 0.6) is 0 Å². The van der Waals surface area contributed by atoms with Crippen molar-refractivity contribution in [1.29, 1.82) is 0 Å². The molecular formula is C13H15FO2. The van der Waals surface area contributed by atoms with Gasteiger partial charge in [-0.05, 0) is 37.3 Å². The molecule has 0 heterocycles. The fourth-order valence-electron chi connectivity index (χ4n) is 2.17. The molecule has 3 heteroatoms. The van der Waals surface area contributed by atoms with E-state index in [0.29, 0.717) is 24.0 Å². The van der Waals surface area contributed by atoms with Crippen molar-refractivity contribution in [2.24, 2.45) is 0 Å². The Balaban J connectivity index is 2.41. The summed E-state index contributed by atoms with van der Waals surface area (Å²) in [6, 6.07) is 6.97. The fraction of sp³-hybridized carbons (Fsp3) is 0.462. The van der Waals surface area contributed by atoms with Crippen molar-refractivity contribution in [2.75, 3.05) is 0 Å². The summed E-state index contributed by atoms with van der Waals surface area (Å²) in [7, 11) is 0. The number of hydrogen-bond acceptors (Lipinski definition) is 1. The van der Waals surface area contributed by atoms with Gasteiger partial charge in [0.25, 0.3) is 0 Å². The fourth-order valence-corrected chi connectivity index (χ4v) is 2.17. The number of aliphatic carboxylic acids is 1. The number of carboxylic acid groups (broad SMARTS) is 1. The zero-order valence-electron chi connectivity index (χ0n) is 9.24. The van der Waals surface area contributed by atoms with E-state index < -0.39 is 17.6 Å². The van der Waals surface area contributed by atoms with Crippen molar-refractivity contribution >= 4 is 5.97 Å². The van der Waals surface area contributed by atoms with E-state index in [4.69, 9.17) is 5.11 Å². The topological polar surface area (TPSA) is 37.3 Å². The number of hydrogen-bond donors (Lipinski definition) is 1. The van der Waals surface area contributed by atoms with Crippen LogP contribution in [-0.4, -0.2) is 11.1 Å². The molecule has 16 heavy (non-hydrogen) atoms. The minimum absolute atomic E-state index is 0.510. The highest BCUT2D eigenvalue weighted by Crippen LogP contribution is 2.47. The van der Waals surface area contributed by atoms with Crippen LogP contribution in [0.25, 0.3) is 0 Å². The minimum atomic E-state index is -1.29. The molecule has 1 aromatic carbocycles. The lowest BCUT2D eigenvalue weighted by Gasteiger charge is -2.36. The minimum Gasteiger partial charge on any atom is -0.481 e. The van der Waals surface area contributed by atoms with Crippen LogP contribution in [0.1, 0.15) is 43.2 Å². The Labute approximate surface area is 94.1 Å². The Bertz CT molecular complexity index is 410. The largest absolute Gasteiger partial charge is 0.481 e. The molecule has 0 amide bonds. The lowest BCUT2D eigenvalue weighted by Crippen LogP contribution is -2.30. The first kappa shape index (κ1) is 11.1. The van der Waals surface area contributed by atoms with Crippen molar-refractivity contribution in [1.82, 2.24) is 0 Å². The first-order valence-electron chi connectivity index (χ1n) is 5.56. The van der Waals surface area contributed by atoms with Crippen LogP contribution < -0.4 is 0 Å². The van der Waals surface area contributed by atoms with Crippen LogP contribution in [-0.2, 0) is 10.5 Å². The molecule has 1 saturated carbocycles. The molecule has 1 fully saturated rings. The lowest BCUT2D eigenvalue weighted by molar-refractivity contribution is -0.138. The van der Waals surface area contributed by atoms with E-state index in [9.17, 15) is 9.18 Å². The second-order valence-electron chi connectivity index (χ2n) is 4.47. The predicted molar refractivity (Wildman–Crippen MR) is 59.1 cm³/mol. The summed E-state index contributed by atoms with van der Waals surface area (Å²) in [5, 5.41) is 8.99. The summed E-state index contributed by atoms with van der Waals surface area (Å²) >= 11 is 0. The van der Waals surface area contributed by atoms with Gasteiger partial charge in [-0.1, -0.05) is 24.3 Å². The summed E-state index contributed by atoms with van der Waals surface area (Å²) in [5.74, 6) is -1.56. The molecule has 0 bridgehead atoms. The van der Waals surface area contributed by atoms with Crippen LogP contribution in [0.15, 0.2) is 24.3 Å².